The molecule has 1 aliphatic heterocycles. The van der Waals surface area contributed by atoms with E-state index >= 15 is 0 Å². The first-order valence-electron chi connectivity index (χ1n) is 9.14. The zero-order chi connectivity index (χ0) is 18.5. The lowest BCUT2D eigenvalue weighted by Gasteiger charge is -2.21. The highest BCUT2D eigenvalue weighted by Gasteiger charge is 2.25. The quantitative estimate of drug-likeness (QED) is 0.860. The fourth-order valence-electron chi connectivity index (χ4n) is 3.16. The fraction of sp³-hybridized carbons (Fsp3) is 0.526. The number of nitrogens with zero attached hydrogens (tertiary/aromatic N) is 4. The van der Waals surface area contributed by atoms with Gasteiger partial charge < -0.3 is 19.6 Å². The summed E-state index contributed by atoms with van der Waals surface area (Å²) in [7, 11) is 1.73. The second-order valence-electron chi connectivity index (χ2n) is 7.16. The molecule has 1 aromatic carbocycles. The summed E-state index contributed by atoms with van der Waals surface area (Å²) < 4.78 is 5.27. The molecule has 0 bridgehead atoms. The largest absolute Gasteiger partial charge is 0.338 e. The zero-order valence-electron chi connectivity index (χ0n) is 15.7. The molecule has 7 heteroatoms. The van der Waals surface area contributed by atoms with Gasteiger partial charge in [0.15, 0.2) is 0 Å². The van der Waals surface area contributed by atoms with Crippen molar-refractivity contribution in [2.45, 2.75) is 32.9 Å². The average Bonchev–Trinajstić information content (AvgIpc) is 3.30. The zero-order valence-corrected chi connectivity index (χ0v) is 15.7. The number of hydrogen-bond donors (Lipinski definition) is 1. The summed E-state index contributed by atoms with van der Waals surface area (Å²) in [5.74, 6) is 1.48. The van der Waals surface area contributed by atoms with Crippen molar-refractivity contribution >= 4 is 6.03 Å². The standard InChI is InChI=1S/C19H27N5O2/c1-14(2)24-10-9-15(12-24)11-20-19(25)23(3)13-17-21-18(22-26-17)16-7-5-4-6-8-16/h4-8,14-15H,9-13H2,1-3H3,(H,20,25). The Balaban J connectivity index is 1.47. The van der Waals surface area contributed by atoms with Crippen molar-refractivity contribution in [2.24, 2.45) is 5.92 Å². The minimum atomic E-state index is -0.118. The highest BCUT2D eigenvalue weighted by atomic mass is 16.5. The molecule has 0 radical (unpaired) electrons. The highest BCUT2D eigenvalue weighted by molar-refractivity contribution is 5.73. The van der Waals surface area contributed by atoms with Gasteiger partial charge in [0.05, 0.1) is 0 Å². The first kappa shape index (κ1) is 18.4. The predicted molar refractivity (Wildman–Crippen MR) is 99.4 cm³/mol. The Morgan fingerprint density at radius 2 is 2.15 bits per heavy atom. The van der Waals surface area contributed by atoms with Crippen LogP contribution in [0.1, 0.15) is 26.2 Å². The van der Waals surface area contributed by atoms with Crippen LogP contribution in [0.25, 0.3) is 11.4 Å². The third kappa shape index (κ3) is 4.60. The maximum absolute atomic E-state index is 12.3. The Morgan fingerprint density at radius 1 is 1.38 bits per heavy atom. The molecule has 0 aliphatic carbocycles. The Hall–Kier alpha value is -2.41. The molecular formula is C19H27N5O2. The van der Waals surface area contributed by atoms with Crippen LogP contribution in [-0.4, -0.2) is 58.7 Å². The molecule has 2 aromatic rings. The maximum atomic E-state index is 12.3. The molecule has 1 atom stereocenters. The lowest BCUT2D eigenvalue weighted by atomic mass is 10.1. The number of likely N-dealkylation sites (tertiary alicyclic amines) is 1. The number of carbonyl (C=O) groups excluding carboxylic acids is 1. The third-order valence-electron chi connectivity index (χ3n) is 4.81. The third-order valence-corrected chi connectivity index (χ3v) is 4.81. The fourth-order valence-corrected chi connectivity index (χ4v) is 3.16. The Bertz CT molecular complexity index is 716. The van der Waals surface area contributed by atoms with Gasteiger partial charge in [0.2, 0.25) is 11.7 Å². The summed E-state index contributed by atoms with van der Waals surface area (Å²) >= 11 is 0. The number of rotatable bonds is 6. The van der Waals surface area contributed by atoms with Crippen molar-refractivity contribution in [3.8, 4) is 11.4 Å². The van der Waals surface area contributed by atoms with Gasteiger partial charge in [-0.1, -0.05) is 35.5 Å². The molecule has 26 heavy (non-hydrogen) atoms. The van der Waals surface area contributed by atoms with E-state index in [1.165, 1.54) is 0 Å². The number of hydrogen-bond acceptors (Lipinski definition) is 5. The summed E-state index contributed by atoms with van der Waals surface area (Å²) in [6.07, 6.45) is 1.13. The molecule has 1 N–H and O–H groups in total. The van der Waals surface area contributed by atoms with Crippen molar-refractivity contribution in [3.05, 3.63) is 36.2 Å². The Labute approximate surface area is 154 Å². The molecule has 2 heterocycles. The van der Waals surface area contributed by atoms with E-state index in [9.17, 15) is 4.79 Å². The first-order chi connectivity index (χ1) is 12.5. The molecule has 1 fully saturated rings. The van der Waals surface area contributed by atoms with Crippen LogP contribution in [0.15, 0.2) is 34.9 Å². The summed E-state index contributed by atoms with van der Waals surface area (Å²) in [5.41, 5.74) is 0.894. The number of amides is 2. The van der Waals surface area contributed by atoms with Crippen molar-refractivity contribution in [2.75, 3.05) is 26.7 Å². The van der Waals surface area contributed by atoms with Crippen molar-refractivity contribution < 1.29 is 9.32 Å². The molecule has 7 nitrogen and oxygen atoms in total. The number of carbonyl (C=O) groups is 1. The van der Waals surface area contributed by atoms with Gasteiger partial charge in [-0.2, -0.15) is 4.98 Å². The minimum absolute atomic E-state index is 0.118. The summed E-state index contributed by atoms with van der Waals surface area (Å²) in [4.78, 5) is 20.7. The van der Waals surface area contributed by atoms with Gasteiger partial charge in [-0.3, -0.25) is 0 Å². The van der Waals surface area contributed by atoms with Gasteiger partial charge in [-0.25, -0.2) is 4.79 Å². The van der Waals surface area contributed by atoms with Gasteiger partial charge in [-0.15, -0.1) is 0 Å². The summed E-state index contributed by atoms with van der Waals surface area (Å²) in [6.45, 7) is 7.57. The van der Waals surface area contributed by atoms with Crippen LogP contribution in [0.4, 0.5) is 4.79 Å². The Kier molecular flexibility index (Phi) is 5.88. The van der Waals surface area contributed by atoms with E-state index in [1.807, 2.05) is 30.3 Å². The lowest BCUT2D eigenvalue weighted by Crippen LogP contribution is -2.40. The molecular weight excluding hydrogens is 330 g/mol. The van der Waals surface area contributed by atoms with Gasteiger partial charge in [0.25, 0.3) is 0 Å². The number of urea groups is 1. The molecule has 1 aliphatic rings. The van der Waals surface area contributed by atoms with E-state index in [0.717, 1.165) is 25.1 Å². The van der Waals surface area contributed by atoms with Crippen LogP contribution in [0, 0.1) is 5.92 Å². The van der Waals surface area contributed by atoms with Crippen LogP contribution >= 0.6 is 0 Å². The topological polar surface area (TPSA) is 74.5 Å². The van der Waals surface area contributed by atoms with Crippen molar-refractivity contribution in [1.29, 1.82) is 0 Å². The van der Waals surface area contributed by atoms with Gasteiger partial charge in [0.1, 0.15) is 6.54 Å². The lowest BCUT2D eigenvalue weighted by molar-refractivity contribution is 0.197. The minimum Gasteiger partial charge on any atom is -0.338 e. The van der Waals surface area contributed by atoms with Crippen LogP contribution in [0.2, 0.25) is 0 Å². The highest BCUT2D eigenvalue weighted by Crippen LogP contribution is 2.18. The molecule has 0 spiro atoms. The molecule has 1 unspecified atom stereocenters. The van der Waals surface area contributed by atoms with Crippen LogP contribution in [0.3, 0.4) is 0 Å². The molecule has 3 rings (SSSR count). The van der Waals surface area contributed by atoms with Gasteiger partial charge in [0, 0.05) is 31.7 Å². The summed E-state index contributed by atoms with van der Waals surface area (Å²) in [6, 6.07) is 10.1. The number of benzene rings is 1. The van der Waals surface area contributed by atoms with E-state index < -0.39 is 0 Å². The smallest absolute Gasteiger partial charge is 0.317 e. The van der Waals surface area contributed by atoms with E-state index in [2.05, 4.69) is 34.2 Å². The second-order valence-corrected chi connectivity index (χ2v) is 7.16. The average molecular weight is 357 g/mol. The molecule has 2 amide bonds. The molecule has 1 saturated heterocycles. The molecule has 1 aromatic heterocycles. The van der Waals surface area contributed by atoms with Gasteiger partial charge >= 0.3 is 6.03 Å². The number of aromatic nitrogens is 2. The molecule has 140 valence electrons. The van der Waals surface area contributed by atoms with Crippen LogP contribution in [-0.2, 0) is 6.54 Å². The van der Waals surface area contributed by atoms with Crippen LogP contribution < -0.4 is 5.32 Å². The van der Waals surface area contributed by atoms with E-state index in [0.29, 0.717) is 30.2 Å². The van der Waals surface area contributed by atoms with Crippen molar-refractivity contribution in [3.63, 3.8) is 0 Å². The van der Waals surface area contributed by atoms with Gasteiger partial charge in [-0.05, 0) is 32.7 Å². The van der Waals surface area contributed by atoms with E-state index in [-0.39, 0.29) is 12.6 Å². The predicted octanol–water partition coefficient (Wildman–Crippen LogP) is 2.61. The summed E-state index contributed by atoms with van der Waals surface area (Å²) in [5, 5.41) is 7.00. The first-order valence-corrected chi connectivity index (χ1v) is 9.14. The number of nitrogens with one attached hydrogen (secondary N) is 1. The monoisotopic (exact) mass is 357 g/mol. The van der Waals surface area contributed by atoms with E-state index in [4.69, 9.17) is 4.52 Å². The second kappa shape index (κ2) is 8.31. The Morgan fingerprint density at radius 3 is 2.85 bits per heavy atom. The molecule has 0 saturated carbocycles. The SMILES string of the molecule is CC(C)N1CCC(CNC(=O)N(C)Cc2nc(-c3ccccc3)no2)C1. The maximum Gasteiger partial charge on any atom is 0.317 e. The van der Waals surface area contributed by atoms with Crippen molar-refractivity contribution in [1.82, 2.24) is 25.3 Å². The normalized spacial score (nSPS) is 17.6. The van der Waals surface area contributed by atoms with E-state index in [1.54, 1.807) is 11.9 Å². The van der Waals surface area contributed by atoms with Crippen LogP contribution in [0.5, 0.6) is 0 Å².